The predicted octanol–water partition coefficient (Wildman–Crippen LogP) is 0.167. The average molecular weight is 227 g/mol. The van der Waals surface area contributed by atoms with Crippen molar-refractivity contribution in [1.82, 2.24) is 15.5 Å². The lowest BCUT2D eigenvalue weighted by molar-refractivity contribution is 0.0239. The van der Waals surface area contributed by atoms with Crippen LogP contribution in [0, 0.1) is 0 Å². The molecule has 5 nitrogen and oxygen atoms in total. The van der Waals surface area contributed by atoms with Crippen LogP contribution < -0.4 is 10.6 Å². The molecule has 92 valence electrons. The van der Waals surface area contributed by atoms with Gasteiger partial charge in [-0.15, -0.1) is 0 Å². The number of nitrogens with zero attached hydrogens (tertiary/aromatic N) is 1. The largest absolute Gasteiger partial charge is 0.444 e. The monoisotopic (exact) mass is 227 g/mol. The van der Waals surface area contributed by atoms with Crippen molar-refractivity contribution < 1.29 is 9.53 Å². The van der Waals surface area contributed by atoms with Crippen molar-refractivity contribution in [1.29, 1.82) is 0 Å². The normalized spacial score (nSPS) is 23.4. The van der Waals surface area contributed by atoms with Crippen LogP contribution in [-0.2, 0) is 4.74 Å². The highest BCUT2D eigenvalue weighted by molar-refractivity contribution is 5.68. The maximum Gasteiger partial charge on any atom is 0.407 e. The Bertz CT molecular complexity index is 265. The molecule has 0 radical (unpaired) electrons. The number of carbonyl (C=O) groups excluding carboxylic acids is 1. The van der Waals surface area contributed by atoms with Gasteiger partial charge >= 0.3 is 6.09 Å². The van der Waals surface area contributed by atoms with E-state index in [2.05, 4.69) is 15.5 Å². The fraction of sp³-hybridized carbons (Fsp3) is 0.909. The highest BCUT2D eigenvalue weighted by Gasteiger charge is 2.36. The third-order valence-corrected chi connectivity index (χ3v) is 2.91. The van der Waals surface area contributed by atoms with Gasteiger partial charge in [0.1, 0.15) is 5.60 Å². The molecule has 0 aliphatic carbocycles. The summed E-state index contributed by atoms with van der Waals surface area (Å²) in [4.78, 5) is 13.8. The molecular weight excluding hydrogens is 206 g/mol. The second-order valence-electron chi connectivity index (χ2n) is 5.61. The number of carbonyl (C=O) groups is 1. The Balaban J connectivity index is 1.63. The summed E-state index contributed by atoms with van der Waals surface area (Å²) in [6.07, 6.45) is -0.302. The minimum Gasteiger partial charge on any atom is -0.444 e. The SMILES string of the molecule is CC(C)(C)OC(=O)NC1CN(C2CNC2)C1. The number of nitrogens with one attached hydrogen (secondary N) is 2. The summed E-state index contributed by atoms with van der Waals surface area (Å²) in [5, 5.41) is 6.13. The van der Waals surface area contributed by atoms with E-state index in [1.54, 1.807) is 0 Å². The van der Waals surface area contributed by atoms with Gasteiger partial charge in [-0.05, 0) is 20.8 Å². The first kappa shape index (κ1) is 11.7. The standard InChI is InChI=1S/C11H21N3O2/c1-11(2,3)16-10(15)13-8-6-14(7-8)9-4-12-5-9/h8-9,12H,4-7H2,1-3H3,(H,13,15). The zero-order chi connectivity index (χ0) is 11.8. The quantitative estimate of drug-likeness (QED) is 0.706. The van der Waals surface area contributed by atoms with Gasteiger partial charge in [-0.1, -0.05) is 0 Å². The van der Waals surface area contributed by atoms with Crippen LogP contribution in [0.15, 0.2) is 0 Å². The molecule has 16 heavy (non-hydrogen) atoms. The van der Waals surface area contributed by atoms with E-state index >= 15 is 0 Å². The molecule has 0 unspecified atom stereocenters. The molecule has 0 saturated carbocycles. The van der Waals surface area contributed by atoms with Crippen LogP contribution in [0.4, 0.5) is 4.79 Å². The zero-order valence-corrected chi connectivity index (χ0v) is 10.2. The van der Waals surface area contributed by atoms with E-state index in [1.165, 1.54) is 0 Å². The fourth-order valence-corrected chi connectivity index (χ4v) is 1.91. The highest BCUT2D eigenvalue weighted by atomic mass is 16.6. The summed E-state index contributed by atoms with van der Waals surface area (Å²) >= 11 is 0. The van der Waals surface area contributed by atoms with Crippen molar-refractivity contribution in [3.63, 3.8) is 0 Å². The van der Waals surface area contributed by atoms with E-state index in [4.69, 9.17) is 4.74 Å². The molecule has 0 bridgehead atoms. The van der Waals surface area contributed by atoms with Gasteiger partial charge < -0.3 is 15.4 Å². The number of hydrogen-bond donors (Lipinski definition) is 2. The first-order valence-corrected chi connectivity index (χ1v) is 5.88. The van der Waals surface area contributed by atoms with Crippen LogP contribution in [0.3, 0.4) is 0 Å². The van der Waals surface area contributed by atoms with Gasteiger partial charge in [0.25, 0.3) is 0 Å². The number of amides is 1. The third-order valence-electron chi connectivity index (χ3n) is 2.91. The van der Waals surface area contributed by atoms with Crippen LogP contribution in [0.2, 0.25) is 0 Å². The Morgan fingerprint density at radius 3 is 2.44 bits per heavy atom. The van der Waals surface area contributed by atoms with Crippen LogP contribution in [0.25, 0.3) is 0 Å². The maximum atomic E-state index is 11.5. The van der Waals surface area contributed by atoms with Crippen LogP contribution >= 0.6 is 0 Å². The second-order valence-corrected chi connectivity index (χ2v) is 5.61. The highest BCUT2D eigenvalue weighted by Crippen LogP contribution is 2.15. The van der Waals surface area contributed by atoms with Gasteiger partial charge in [0.15, 0.2) is 0 Å². The molecule has 0 aromatic heterocycles. The lowest BCUT2D eigenvalue weighted by atomic mass is 10.0. The van der Waals surface area contributed by atoms with E-state index in [1.807, 2.05) is 20.8 Å². The van der Waals surface area contributed by atoms with Crippen LogP contribution in [-0.4, -0.2) is 54.9 Å². The Hall–Kier alpha value is -0.810. The minimum atomic E-state index is -0.411. The molecule has 2 aliphatic heterocycles. The Labute approximate surface area is 96.5 Å². The van der Waals surface area contributed by atoms with E-state index < -0.39 is 5.60 Å². The molecule has 2 heterocycles. The summed E-state index contributed by atoms with van der Waals surface area (Å²) in [6, 6.07) is 0.937. The fourth-order valence-electron chi connectivity index (χ4n) is 1.91. The van der Waals surface area contributed by atoms with Crippen molar-refractivity contribution in [2.45, 2.75) is 38.5 Å². The van der Waals surface area contributed by atoms with Crippen molar-refractivity contribution in [3.05, 3.63) is 0 Å². The maximum absolute atomic E-state index is 11.5. The molecule has 5 heteroatoms. The van der Waals surface area contributed by atoms with Crippen LogP contribution in [0.5, 0.6) is 0 Å². The summed E-state index contributed by atoms with van der Waals surface area (Å²) in [7, 11) is 0. The van der Waals surface area contributed by atoms with E-state index in [9.17, 15) is 4.79 Å². The van der Waals surface area contributed by atoms with Gasteiger partial charge in [-0.3, -0.25) is 4.90 Å². The number of hydrogen-bond acceptors (Lipinski definition) is 4. The Kier molecular flexibility index (Phi) is 3.08. The first-order chi connectivity index (χ1) is 7.44. The van der Waals surface area contributed by atoms with Crippen molar-refractivity contribution in [3.8, 4) is 0 Å². The smallest absolute Gasteiger partial charge is 0.407 e. The number of ether oxygens (including phenoxy) is 1. The van der Waals surface area contributed by atoms with Crippen molar-refractivity contribution in [2.75, 3.05) is 26.2 Å². The molecule has 0 spiro atoms. The molecular formula is C11H21N3O2. The summed E-state index contributed by atoms with van der Waals surface area (Å²) in [5.74, 6) is 0. The van der Waals surface area contributed by atoms with Crippen LogP contribution in [0.1, 0.15) is 20.8 Å². The summed E-state index contributed by atoms with van der Waals surface area (Å²) < 4.78 is 5.20. The van der Waals surface area contributed by atoms with Crippen molar-refractivity contribution in [2.24, 2.45) is 0 Å². The molecule has 0 aromatic rings. The van der Waals surface area contributed by atoms with Gasteiger partial charge in [-0.2, -0.15) is 0 Å². The molecule has 2 fully saturated rings. The predicted molar refractivity (Wildman–Crippen MR) is 61.4 cm³/mol. The molecule has 2 aliphatic rings. The van der Waals surface area contributed by atoms with E-state index in [-0.39, 0.29) is 12.1 Å². The van der Waals surface area contributed by atoms with E-state index in [0.717, 1.165) is 26.2 Å². The Morgan fingerprint density at radius 2 is 2.00 bits per heavy atom. The zero-order valence-electron chi connectivity index (χ0n) is 10.2. The lowest BCUT2D eigenvalue weighted by Crippen LogP contribution is -2.69. The Morgan fingerprint density at radius 1 is 1.38 bits per heavy atom. The van der Waals surface area contributed by atoms with E-state index in [0.29, 0.717) is 6.04 Å². The van der Waals surface area contributed by atoms with Gasteiger partial charge in [0.05, 0.1) is 6.04 Å². The first-order valence-electron chi connectivity index (χ1n) is 5.88. The van der Waals surface area contributed by atoms with Crippen molar-refractivity contribution >= 4 is 6.09 Å². The summed E-state index contributed by atoms with van der Waals surface area (Å²) in [5.41, 5.74) is -0.411. The van der Waals surface area contributed by atoms with Gasteiger partial charge in [0.2, 0.25) is 0 Å². The molecule has 2 N–H and O–H groups in total. The minimum absolute atomic E-state index is 0.260. The molecule has 2 rings (SSSR count). The topological polar surface area (TPSA) is 53.6 Å². The van der Waals surface area contributed by atoms with Gasteiger partial charge in [0, 0.05) is 32.2 Å². The molecule has 2 saturated heterocycles. The second kappa shape index (κ2) is 4.22. The number of rotatable bonds is 2. The number of alkyl carbamates (subject to hydrolysis) is 1. The molecule has 0 atom stereocenters. The molecule has 1 amide bonds. The number of likely N-dealkylation sites (tertiary alicyclic amines) is 1. The third kappa shape index (κ3) is 2.86. The molecule has 0 aromatic carbocycles. The van der Waals surface area contributed by atoms with Gasteiger partial charge in [-0.25, -0.2) is 4.79 Å². The summed E-state index contributed by atoms with van der Waals surface area (Å²) in [6.45, 7) is 9.69. The average Bonchev–Trinajstić information content (AvgIpc) is 1.92. The lowest BCUT2D eigenvalue weighted by Gasteiger charge is -2.48.